The van der Waals surface area contributed by atoms with E-state index >= 15 is 0 Å². The minimum absolute atomic E-state index is 0.0121. The molecule has 2 aliphatic heterocycles. The minimum Gasteiger partial charge on any atom is -0.495 e. The Bertz CT molecular complexity index is 1330. The Hall–Kier alpha value is -1.31. The van der Waals surface area contributed by atoms with Crippen LogP contribution in [0.4, 0.5) is 5.69 Å². The number of nitrogens with zero attached hydrogens (tertiary/aromatic N) is 2. The molecular formula is C22H26Cl3N3O6S2. The number of nitrogens with one attached hydrogen (secondary N) is 1. The first-order valence-corrected chi connectivity index (χ1v) is 15.3. The third-order valence-corrected chi connectivity index (χ3v) is 10.7. The van der Waals surface area contributed by atoms with Gasteiger partial charge >= 0.3 is 0 Å². The fraction of sp³-hybridized carbons (Fsp3) is 0.455. The molecule has 2 aliphatic rings. The molecule has 198 valence electrons. The molecule has 0 aliphatic carbocycles. The molecular weight excluding hydrogens is 573 g/mol. The Morgan fingerprint density at radius 2 is 1.69 bits per heavy atom. The standard InChI is InChI=1S/C22H26Cl3N3O6S2/c1-33-21-5-4-16(35(29,30)26-14-15-3-2-10-34-15)11-20(21)27-6-8-28(9-7-27)36(31,32)22-13-18(24)17(23)12-19(22)25/h4-5,11-13,15,26H,2-3,6-10,14H2,1H3. The zero-order valence-electron chi connectivity index (χ0n) is 19.4. The van der Waals surface area contributed by atoms with E-state index in [0.717, 1.165) is 12.8 Å². The van der Waals surface area contributed by atoms with Crippen molar-refractivity contribution in [3.8, 4) is 5.75 Å². The fourth-order valence-electron chi connectivity index (χ4n) is 4.19. The molecule has 2 fully saturated rings. The topological polar surface area (TPSA) is 105 Å². The maximum Gasteiger partial charge on any atom is 0.244 e. The molecule has 14 heteroatoms. The number of sulfonamides is 2. The van der Waals surface area contributed by atoms with Crippen molar-refractivity contribution in [2.24, 2.45) is 0 Å². The van der Waals surface area contributed by atoms with Crippen LogP contribution in [0, 0.1) is 0 Å². The van der Waals surface area contributed by atoms with E-state index in [9.17, 15) is 16.8 Å². The quantitative estimate of drug-likeness (QED) is 0.463. The van der Waals surface area contributed by atoms with E-state index in [1.165, 1.54) is 35.7 Å². The zero-order chi connectivity index (χ0) is 26.1. The molecule has 2 aromatic rings. The van der Waals surface area contributed by atoms with Gasteiger partial charge in [-0.25, -0.2) is 21.6 Å². The highest BCUT2D eigenvalue weighted by Gasteiger charge is 2.32. The number of benzene rings is 2. The summed E-state index contributed by atoms with van der Waals surface area (Å²) in [4.78, 5) is 1.87. The van der Waals surface area contributed by atoms with Gasteiger partial charge in [0.1, 0.15) is 10.6 Å². The maximum absolute atomic E-state index is 13.2. The summed E-state index contributed by atoms with van der Waals surface area (Å²) in [5, 5.41) is 0.244. The van der Waals surface area contributed by atoms with Gasteiger partial charge < -0.3 is 14.4 Å². The van der Waals surface area contributed by atoms with Crippen LogP contribution >= 0.6 is 34.8 Å². The second kappa shape index (κ2) is 11.2. The summed E-state index contributed by atoms with van der Waals surface area (Å²) < 4.78 is 67.1. The van der Waals surface area contributed by atoms with Crippen LogP contribution < -0.4 is 14.4 Å². The van der Waals surface area contributed by atoms with Gasteiger partial charge in [-0.1, -0.05) is 34.8 Å². The summed E-state index contributed by atoms with van der Waals surface area (Å²) in [6.45, 7) is 1.75. The van der Waals surface area contributed by atoms with Crippen molar-refractivity contribution in [2.45, 2.75) is 28.7 Å². The lowest BCUT2D eigenvalue weighted by Crippen LogP contribution is -2.48. The average Bonchev–Trinajstić information content (AvgIpc) is 3.38. The van der Waals surface area contributed by atoms with Crippen LogP contribution in [-0.2, 0) is 24.8 Å². The summed E-state index contributed by atoms with van der Waals surface area (Å²) in [5.74, 6) is 0.483. The lowest BCUT2D eigenvalue weighted by Gasteiger charge is -2.36. The zero-order valence-corrected chi connectivity index (χ0v) is 23.3. The number of methoxy groups -OCH3 is 1. The highest BCUT2D eigenvalue weighted by atomic mass is 35.5. The van der Waals surface area contributed by atoms with E-state index in [-0.39, 0.29) is 50.6 Å². The number of rotatable bonds is 8. The van der Waals surface area contributed by atoms with Crippen LogP contribution in [0.25, 0.3) is 0 Å². The van der Waals surface area contributed by atoms with Crippen LogP contribution in [0.5, 0.6) is 5.75 Å². The number of halogens is 3. The first-order chi connectivity index (χ1) is 17.0. The van der Waals surface area contributed by atoms with Crippen molar-refractivity contribution in [1.29, 1.82) is 0 Å². The number of anilines is 1. The van der Waals surface area contributed by atoms with Crippen molar-refractivity contribution in [1.82, 2.24) is 9.03 Å². The number of ether oxygens (including phenoxy) is 2. The van der Waals surface area contributed by atoms with Gasteiger partial charge in [0.2, 0.25) is 20.0 Å². The van der Waals surface area contributed by atoms with Crippen LogP contribution in [0.3, 0.4) is 0 Å². The molecule has 2 saturated heterocycles. The first-order valence-electron chi connectivity index (χ1n) is 11.2. The summed E-state index contributed by atoms with van der Waals surface area (Å²) in [6, 6.07) is 7.16. The Labute approximate surface area is 226 Å². The first kappa shape index (κ1) is 27.7. The van der Waals surface area contributed by atoms with Crippen LogP contribution in [-0.4, -0.2) is 73.7 Å². The second-order valence-corrected chi connectivity index (χ2v) is 13.3. The largest absolute Gasteiger partial charge is 0.495 e. The predicted molar refractivity (Wildman–Crippen MR) is 140 cm³/mol. The predicted octanol–water partition coefficient (Wildman–Crippen LogP) is 3.62. The lowest BCUT2D eigenvalue weighted by atomic mass is 10.2. The molecule has 0 radical (unpaired) electrons. The fourth-order valence-corrected chi connectivity index (χ4v) is 7.67. The smallest absolute Gasteiger partial charge is 0.244 e. The van der Waals surface area contributed by atoms with Gasteiger partial charge in [-0.2, -0.15) is 4.31 Å². The highest BCUT2D eigenvalue weighted by molar-refractivity contribution is 7.89. The third-order valence-electron chi connectivity index (χ3n) is 6.16. The molecule has 4 rings (SSSR count). The van der Waals surface area contributed by atoms with Gasteiger partial charge in [0, 0.05) is 39.3 Å². The van der Waals surface area contributed by atoms with Crippen molar-refractivity contribution >= 4 is 60.5 Å². The van der Waals surface area contributed by atoms with Crippen molar-refractivity contribution in [3.05, 3.63) is 45.4 Å². The molecule has 0 aromatic heterocycles. The molecule has 0 spiro atoms. The molecule has 1 atom stereocenters. The van der Waals surface area contributed by atoms with E-state index in [0.29, 0.717) is 31.1 Å². The van der Waals surface area contributed by atoms with Crippen LogP contribution in [0.15, 0.2) is 40.1 Å². The monoisotopic (exact) mass is 597 g/mol. The number of hydrogen-bond acceptors (Lipinski definition) is 7. The molecule has 9 nitrogen and oxygen atoms in total. The van der Waals surface area contributed by atoms with E-state index in [2.05, 4.69) is 4.72 Å². The van der Waals surface area contributed by atoms with Crippen molar-refractivity contribution < 1.29 is 26.3 Å². The summed E-state index contributed by atoms with van der Waals surface area (Å²) in [6.07, 6.45) is 1.60. The molecule has 1 unspecified atom stereocenters. The summed E-state index contributed by atoms with van der Waals surface area (Å²) in [7, 11) is -6.19. The molecule has 36 heavy (non-hydrogen) atoms. The number of hydrogen-bond donors (Lipinski definition) is 1. The third kappa shape index (κ3) is 5.88. The minimum atomic E-state index is -3.92. The Kier molecular flexibility index (Phi) is 8.63. The molecule has 0 amide bonds. The Morgan fingerprint density at radius 1 is 1.00 bits per heavy atom. The van der Waals surface area contributed by atoms with E-state index in [1.807, 2.05) is 4.90 Å². The second-order valence-electron chi connectivity index (χ2n) is 8.41. The van der Waals surface area contributed by atoms with Gasteiger partial charge in [0.25, 0.3) is 0 Å². The van der Waals surface area contributed by atoms with Crippen molar-refractivity contribution in [3.63, 3.8) is 0 Å². The van der Waals surface area contributed by atoms with Gasteiger partial charge in [-0.3, -0.25) is 0 Å². The molecule has 0 bridgehead atoms. The van der Waals surface area contributed by atoms with Gasteiger partial charge in [0.05, 0.1) is 38.9 Å². The Balaban J connectivity index is 1.50. The van der Waals surface area contributed by atoms with Gasteiger partial charge in [-0.05, 0) is 43.2 Å². The highest BCUT2D eigenvalue weighted by Crippen LogP contribution is 2.35. The normalized spacial score (nSPS) is 19.6. The van der Waals surface area contributed by atoms with E-state index < -0.39 is 20.0 Å². The van der Waals surface area contributed by atoms with E-state index in [4.69, 9.17) is 44.3 Å². The molecule has 0 saturated carbocycles. The summed E-state index contributed by atoms with van der Waals surface area (Å²) >= 11 is 18.1. The van der Waals surface area contributed by atoms with Crippen LogP contribution in [0.1, 0.15) is 12.8 Å². The van der Waals surface area contributed by atoms with Gasteiger partial charge in [0.15, 0.2) is 0 Å². The number of piperazine rings is 1. The van der Waals surface area contributed by atoms with Crippen molar-refractivity contribution in [2.75, 3.05) is 51.3 Å². The molecule has 2 aromatic carbocycles. The Morgan fingerprint density at radius 3 is 2.33 bits per heavy atom. The molecule has 2 heterocycles. The van der Waals surface area contributed by atoms with Crippen LogP contribution in [0.2, 0.25) is 15.1 Å². The summed E-state index contributed by atoms with van der Waals surface area (Å²) in [5.41, 5.74) is 0.558. The SMILES string of the molecule is COc1ccc(S(=O)(=O)NCC2CCCO2)cc1N1CCN(S(=O)(=O)c2cc(Cl)c(Cl)cc2Cl)CC1. The van der Waals surface area contributed by atoms with Gasteiger partial charge in [-0.15, -0.1) is 0 Å². The lowest BCUT2D eigenvalue weighted by molar-refractivity contribution is 0.114. The maximum atomic E-state index is 13.2. The average molecular weight is 599 g/mol. The van der Waals surface area contributed by atoms with E-state index in [1.54, 1.807) is 6.07 Å². The molecule has 1 N–H and O–H groups in total.